The van der Waals surface area contributed by atoms with Gasteiger partial charge in [-0.05, 0) is 65.6 Å². The number of amides is 3. The molecule has 0 radical (unpaired) electrons. The van der Waals surface area contributed by atoms with Crippen molar-refractivity contribution in [3.63, 3.8) is 0 Å². The number of imide groups is 1. The fourth-order valence-electron chi connectivity index (χ4n) is 3.23. The number of hydrogen-bond donors (Lipinski definition) is 1. The molecule has 172 valence electrons. The second-order valence-electron chi connectivity index (χ2n) is 7.39. The van der Waals surface area contributed by atoms with Crippen molar-refractivity contribution < 1.29 is 19.1 Å². The van der Waals surface area contributed by atoms with E-state index in [2.05, 4.69) is 5.32 Å². The minimum Gasteiger partial charge on any atom is -0.489 e. The van der Waals surface area contributed by atoms with E-state index in [0.29, 0.717) is 18.0 Å². The van der Waals surface area contributed by atoms with Crippen LogP contribution in [0.25, 0.3) is 6.08 Å². The number of anilines is 1. The van der Waals surface area contributed by atoms with E-state index < -0.39 is 17.1 Å². The summed E-state index contributed by atoms with van der Waals surface area (Å²) in [5.74, 6) is -0.203. The molecule has 0 bridgehead atoms. The highest BCUT2D eigenvalue weighted by molar-refractivity contribution is 8.18. The fraction of sp³-hybridized carbons (Fsp3) is 0.115. The third-order valence-corrected chi connectivity index (χ3v) is 6.59. The Morgan fingerprint density at radius 2 is 1.79 bits per heavy atom. The van der Waals surface area contributed by atoms with Gasteiger partial charge in [0.25, 0.3) is 11.1 Å². The maximum atomic E-state index is 12.7. The van der Waals surface area contributed by atoms with Crippen LogP contribution in [0.5, 0.6) is 5.75 Å². The molecule has 1 aliphatic heterocycles. The van der Waals surface area contributed by atoms with Crippen molar-refractivity contribution in [1.29, 1.82) is 0 Å². The van der Waals surface area contributed by atoms with Gasteiger partial charge < -0.3 is 10.1 Å². The van der Waals surface area contributed by atoms with Crippen molar-refractivity contribution in [3.8, 4) is 5.75 Å². The number of carbonyl (C=O) groups excluding carboxylic acids is 3. The van der Waals surface area contributed by atoms with Crippen LogP contribution in [0, 0.1) is 0 Å². The molecule has 1 fully saturated rings. The number of benzene rings is 3. The Labute approximate surface area is 206 Å². The second kappa shape index (κ2) is 11.1. The molecule has 0 saturated carbocycles. The van der Waals surface area contributed by atoms with Gasteiger partial charge in [-0.25, -0.2) is 0 Å². The maximum absolute atomic E-state index is 12.7. The van der Waals surface area contributed by atoms with Crippen LogP contribution in [0.3, 0.4) is 0 Å². The number of hydrogen-bond acceptors (Lipinski definition) is 6. The topological polar surface area (TPSA) is 75.7 Å². The van der Waals surface area contributed by atoms with Gasteiger partial charge >= 0.3 is 0 Å². The molecular weight excluding hydrogens is 468 g/mol. The Morgan fingerprint density at radius 3 is 2.53 bits per heavy atom. The summed E-state index contributed by atoms with van der Waals surface area (Å²) in [5.41, 5.74) is 2.45. The summed E-state index contributed by atoms with van der Waals surface area (Å²) in [6, 6.07) is 24.5. The molecule has 3 aromatic carbocycles. The van der Waals surface area contributed by atoms with E-state index in [-0.39, 0.29) is 11.4 Å². The zero-order valence-electron chi connectivity index (χ0n) is 18.4. The first-order valence-electron chi connectivity index (χ1n) is 10.5. The lowest BCUT2D eigenvalue weighted by Gasteiger charge is -2.12. The molecule has 8 heteroatoms. The standard InChI is InChI=1S/C26H22N2O4S2/c1-33-22-9-5-8-20(15-22)27-24(29)16-28-25(30)23(34-26(28)31)14-18-10-12-21(13-11-18)32-17-19-6-3-2-4-7-19/h2-15H,16-17H2,1H3,(H,27,29)/b23-14+. The Hall–Kier alpha value is -3.49. The second-order valence-corrected chi connectivity index (χ2v) is 9.26. The number of nitrogens with zero attached hydrogens (tertiary/aromatic N) is 1. The molecule has 34 heavy (non-hydrogen) atoms. The lowest BCUT2D eigenvalue weighted by Crippen LogP contribution is -2.36. The average molecular weight is 491 g/mol. The van der Waals surface area contributed by atoms with Gasteiger partial charge in [0, 0.05) is 10.6 Å². The summed E-state index contributed by atoms with van der Waals surface area (Å²) in [6.45, 7) is 0.125. The van der Waals surface area contributed by atoms with Gasteiger partial charge in [0.15, 0.2) is 0 Å². The lowest BCUT2D eigenvalue weighted by molar-refractivity contribution is -0.127. The van der Waals surface area contributed by atoms with Crippen LogP contribution < -0.4 is 10.1 Å². The Morgan fingerprint density at radius 1 is 1.03 bits per heavy atom. The molecule has 1 saturated heterocycles. The lowest BCUT2D eigenvalue weighted by atomic mass is 10.2. The van der Waals surface area contributed by atoms with Crippen LogP contribution in [0.1, 0.15) is 11.1 Å². The summed E-state index contributed by atoms with van der Waals surface area (Å²) < 4.78 is 5.78. The quantitative estimate of drug-likeness (QED) is 0.324. The van der Waals surface area contributed by atoms with E-state index in [4.69, 9.17) is 4.74 Å². The van der Waals surface area contributed by atoms with Crippen LogP contribution in [0.2, 0.25) is 0 Å². The molecule has 0 unspecified atom stereocenters. The molecule has 3 aromatic rings. The molecule has 0 atom stereocenters. The van der Waals surface area contributed by atoms with E-state index >= 15 is 0 Å². The van der Waals surface area contributed by atoms with Crippen molar-refractivity contribution in [1.82, 2.24) is 4.90 Å². The average Bonchev–Trinajstić information content (AvgIpc) is 3.11. The van der Waals surface area contributed by atoms with E-state index in [1.807, 2.05) is 79.1 Å². The highest BCUT2D eigenvalue weighted by Crippen LogP contribution is 2.32. The largest absolute Gasteiger partial charge is 0.489 e. The van der Waals surface area contributed by atoms with Gasteiger partial charge in [0.1, 0.15) is 18.9 Å². The molecule has 0 spiro atoms. The summed E-state index contributed by atoms with van der Waals surface area (Å²) in [6.07, 6.45) is 3.59. The van der Waals surface area contributed by atoms with Crippen LogP contribution in [0.15, 0.2) is 88.7 Å². The van der Waals surface area contributed by atoms with Crippen LogP contribution in [0.4, 0.5) is 10.5 Å². The first kappa shape index (κ1) is 23.7. The summed E-state index contributed by atoms with van der Waals surface area (Å²) >= 11 is 2.39. The highest BCUT2D eigenvalue weighted by Gasteiger charge is 2.36. The number of ether oxygens (including phenoxy) is 1. The van der Waals surface area contributed by atoms with Crippen molar-refractivity contribution >= 4 is 52.3 Å². The zero-order chi connectivity index (χ0) is 23.9. The maximum Gasteiger partial charge on any atom is 0.294 e. The minimum atomic E-state index is -0.479. The van der Waals surface area contributed by atoms with Crippen molar-refractivity contribution in [2.45, 2.75) is 11.5 Å². The van der Waals surface area contributed by atoms with Crippen LogP contribution >= 0.6 is 23.5 Å². The van der Waals surface area contributed by atoms with Gasteiger partial charge in [-0.15, -0.1) is 11.8 Å². The number of nitrogens with one attached hydrogen (secondary N) is 1. The Balaban J connectivity index is 1.35. The van der Waals surface area contributed by atoms with Gasteiger partial charge in [-0.1, -0.05) is 48.5 Å². The number of carbonyl (C=O) groups is 3. The van der Waals surface area contributed by atoms with Crippen molar-refractivity contribution in [2.24, 2.45) is 0 Å². The molecule has 0 aromatic heterocycles. The third-order valence-electron chi connectivity index (χ3n) is 4.95. The van der Waals surface area contributed by atoms with Gasteiger partial charge in [0.05, 0.1) is 4.91 Å². The highest BCUT2D eigenvalue weighted by atomic mass is 32.2. The Kier molecular flexibility index (Phi) is 7.72. The first-order chi connectivity index (χ1) is 16.5. The van der Waals surface area contributed by atoms with Gasteiger partial charge in [0.2, 0.25) is 5.91 Å². The summed E-state index contributed by atoms with van der Waals surface area (Å²) in [7, 11) is 0. The summed E-state index contributed by atoms with van der Waals surface area (Å²) in [5, 5.41) is 2.27. The van der Waals surface area contributed by atoms with E-state index in [0.717, 1.165) is 32.7 Å². The molecule has 3 amide bonds. The molecule has 1 heterocycles. The van der Waals surface area contributed by atoms with E-state index in [1.54, 1.807) is 23.9 Å². The SMILES string of the molecule is CSc1cccc(NC(=O)CN2C(=O)S/C(=C/c3ccc(OCc4ccccc4)cc3)C2=O)c1. The number of rotatable bonds is 8. The van der Waals surface area contributed by atoms with Crippen LogP contribution in [-0.4, -0.2) is 34.8 Å². The predicted molar refractivity (Wildman–Crippen MR) is 137 cm³/mol. The number of thioether (sulfide) groups is 2. The zero-order valence-corrected chi connectivity index (χ0v) is 20.0. The van der Waals surface area contributed by atoms with Gasteiger partial charge in [-0.3, -0.25) is 19.3 Å². The predicted octanol–water partition coefficient (Wildman–Crippen LogP) is 5.66. The molecule has 4 rings (SSSR count). The van der Waals surface area contributed by atoms with Gasteiger partial charge in [-0.2, -0.15) is 0 Å². The van der Waals surface area contributed by atoms with Crippen molar-refractivity contribution in [3.05, 3.63) is 94.9 Å². The fourth-order valence-corrected chi connectivity index (χ4v) is 4.53. The smallest absolute Gasteiger partial charge is 0.294 e. The van der Waals surface area contributed by atoms with E-state index in [9.17, 15) is 14.4 Å². The monoisotopic (exact) mass is 490 g/mol. The first-order valence-corrected chi connectivity index (χ1v) is 12.5. The van der Waals surface area contributed by atoms with Crippen LogP contribution in [-0.2, 0) is 16.2 Å². The molecule has 1 N–H and O–H groups in total. The van der Waals surface area contributed by atoms with E-state index in [1.165, 1.54) is 0 Å². The van der Waals surface area contributed by atoms with Crippen molar-refractivity contribution in [2.75, 3.05) is 18.1 Å². The third kappa shape index (κ3) is 6.09. The molecular formula is C26H22N2O4S2. The normalized spacial score (nSPS) is 14.5. The molecule has 6 nitrogen and oxygen atoms in total. The minimum absolute atomic E-state index is 0.278. The Bertz CT molecular complexity index is 1230. The molecule has 0 aliphatic carbocycles. The molecule has 1 aliphatic rings. The summed E-state index contributed by atoms with van der Waals surface area (Å²) in [4.78, 5) is 39.8.